The summed E-state index contributed by atoms with van der Waals surface area (Å²) >= 11 is 0. The van der Waals surface area contributed by atoms with Crippen LogP contribution in [-0.4, -0.2) is 6.61 Å². The molecule has 0 heterocycles. The highest BCUT2D eigenvalue weighted by molar-refractivity contribution is 6.03. The van der Waals surface area contributed by atoms with Gasteiger partial charge in [0.25, 0.3) is 0 Å². The minimum atomic E-state index is -1.03. The fourth-order valence-electron chi connectivity index (χ4n) is 4.78. The smallest absolute Gasteiger partial charge is 0.201 e. The molecule has 2 aliphatic carbocycles. The van der Waals surface area contributed by atoms with Gasteiger partial charge in [0.15, 0.2) is 11.6 Å². The number of unbranched alkanes of at least 4 members (excludes halogenated alkanes) is 1. The van der Waals surface area contributed by atoms with Gasteiger partial charge in [0.1, 0.15) is 5.82 Å². The van der Waals surface area contributed by atoms with E-state index in [4.69, 9.17) is 4.74 Å². The van der Waals surface area contributed by atoms with Gasteiger partial charge in [-0.25, -0.2) is 8.78 Å². The summed E-state index contributed by atoms with van der Waals surface area (Å²) in [6.07, 6.45) is 9.86. The quantitative estimate of drug-likeness (QED) is 0.269. The molecule has 0 N–H and O–H groups in total. The molecule has 0 aliphatic heterocycles. The Morgan fingerprint density at radius 1 is 1.00 bits per heavy atom. The highest BCUT2D eigenvalue weighted by Crippen LogP contribution is 2.52. The Bertz CT molecular complexity index is 942. The summed E-state index contributed by atoms with van der Waals surface area (Å²) in [6, 6.07) is 5.13. The lowest BCUT2D eigenvalue weighted by Crippen LogP contribution is -2.14. The van der Waals surface area contributed by atoms with Gasteiger partial charge in [0.05, 0.1) is 6.61 Å². The summed E-state index contributed by atoms with van der Waals surface area (Å²) in [5, 5.41) is 0. The van der Waals surface area contributed by atoms with Crippen LogP contribution in [0.25, 0.3) is 22.3 Å². The van der Waals surface area contributed by atoms with Crippen molar-refractivity contribution in [3.63, 3.8) is 0 Å². The van der Waals surface area contributed by atoms with Crippen molar-refractivity contribution < 1.29 is 17.9 Å². The van der Waals surface area contributed by atoms with E-state index in [0.717, 1.165) is 44.9 Å². The van der Waals surface area contributed by atoms with Gasteiger partial charge in [-0.05, 0) is 79.5 Å². The molecule has 0 radical (unpaired) electrons. The molecule has 160 valence electrons. The molecule has 4 heteroatoms. The summed E-state index contributed by atoms with van der Waals surface area (Å²) in [5.74, 6) is -1.33. The topological polar surface area (TPSA) is 9.23 Å². The minimum Gasteiger partial charge on any atom is -0.490 e. The molecular formula is C26H29F3O. The molecule has 0 saturated heterocycles. The fraction of sp³-hybridized carbons (Fsp3) is 0.462. The number of aryl methyl sites for hydroxylation is 1. The van der Waals surface area contributed by atoms with Gasteiger partial charge in [0.2, 0.25) is 5.82 Å². The Balaban J connectivity index is 1.50. The number of allylic oxidation sites excluding steroid dienone is 1. The van der Waals surface area contributed by atoms with Gasteiger partial charge >= 0.3 is 0 Å². The van der Waals surface area contributed by atoms with Gasteiger partial charge in [-0.3, -0.25) is 0 Å². The van der Waals surface area contributed by atoms with Crippen LogP contribution in [-0.2, 0) is 6.42 Å². The number of hydrogen-bond acceptors (Lipinski definition) is 1. The van der Waals surface area contributed by atoms with Crippen LogP contribution in [0.3, 0.4) is 0 Å². The third kappa shape index (κ3) is 3.77. The van der Waals surface area contributed by atoms with E-state index in [1.54, 1.807) is 6.07 Å². The lowest BCUT2D eigenvalue weighted by atomic mass is 9.77. The molecule has 0 spiro atoms. The molecule has 2 aliphatic rings. The summed E-state index contributed by atoms with van der Waals surface area (Å²) in [4.78, 5) is 0. The van der Waals surface area contributed by atoms with Crippen LogP contribution in [0.2, 0.25) is 0 Å². The lowest BCUT2D eigenvalue weighted by Gasteiger charge is -2.28. The molecule has 0 amide bonds. The van der Waals surface area contributed by atoms with Gasteiger partial charge < -0.3 is 4.74 Å². The van der Waals surface area contributed by atoms with Crippen molar-refractivity contribution in [1.29, 1.82) is 0 Å². The third-order valence-electron chi connectivity index (χ3n) is 6.74. The largest absolute Gasteiger partial charge is 0.490 e. The molecule has 1 nitrogen and oxygen atoms in total. The Labute approximate surface area is 177 Å². The molecule has 0 aromatic heterocycles. The van der Waals surface area contributed by atoms with Gasteiger partial charge in [-0.15, -0.1) is 6.58 Å². The average Bonchev–Trinajstić information content (AvgIpc) is 2.75. The highest BCUT2D eigenvalue weighted by Gasteiger charge is 2.34. The normalized spacial score (nSPS) is 19.6. The third-order valence-corrected chi connectivity index (χ3v) is 6.74. The Kier molecular flexibility index (Phi) is 6.21. The Morgan fingerprint density at radius 2 is 1.73 bits per heavy atom. The molecule has 4 rings (SSSR count). The monoisotopic (exact) mass is 414 g/mol. The van der Waals surface area contributed by atoms with Crippen molar-refractivity contribution in [2.75, 3.05) is 6.61 Å². The molecule has 1 saturated carbocycles. The van der Waals surface area contributed by atoms with Crippen molar-refractivity contribution in [3.05, 3.63) is 53.9 Å². The standard InChI is InChI=1S/C26H29F3O/c1-3-5-14-30-21-15-20-19-13-12-18(11-10-17-8-6-16(4-2)7-9-17)24(27)22(19)23(20)26(29)25(21)28/h4,12-13,15-17H,2-3,5-11,14H2,1H3. The molecule has 30 heavy (non-hydrogen) atoms. The number of benzene rings is 2. The number of hydrogen-bond donors (Lipinski definition) is 0. The first kappa shape index (κ1) is 21.0. The SMILES string of the molecule is C=CC1CCC(CCc2ccc3c(c2F)-c2c-3cc(OCCCC)c(F)c2F)CC1. The van der Waals surface area contributed by atoms with Crippen molar-refractivity contribution in [2.24, 2.45) is 11.8 Å². The highest BCUT2D eigenvalue weighted by atomic mass is 19.2. The second-order valence-corrected chi connectivity index (χ2v) is 8.64. The van der Waals surface area contributed by atoms with E-state index >= 15 is 4.39 Å². The predicted molar refractivity (Wildman–Crippen MR) is 115 cm³/mol. The fourth-order valence-corrected chi connectivity index (χ4v) is 4.78. The second kappa shape index (κ2) is 8.87. The molecule has 0 bridgehead atoms. The zero-order valence-corrected chi connectivity index (χ0v) is 17.6. The molecule has 1 fully saturated rings. The number of halogens is 3. The molecule has 2 aromatic rings. The predicted octanol–water partition coefficient (Wildman–Crippen LogP) is 7.86. The van der Waals surface area contributed by atoms with Crippen LogP contribution >= 0.6 is 0 Å². The van der Waals surface area contributed by atoms with Crippen molar-refractivity contribution >= 4 is 0 Å². The first-order chi connectivity index (χ1) is 14.5. The van der Waals surface area contributed by atoms with E-state index in [-0.39, 0.29) is 16.9 Å². The zero-order chi connectivity index (χ0) is 21.3. The van der Waals surface area contributed by atoms with Gasteiger partial charge in [-0.1, -0.05) is 31.6 Å². The summed E-state index contributed by atoms with van der Waals surface area (Å²) in [6.45, 7) is 6.21. The maximum atomic E-state index is 15.2. The molecule has 0 atom stereocenters. The number of fused-ring (bicyclic) bond motifs is 4. The van der Waals surface area contributed by atoms with Crippen molar-refractivity contribution in [3.8, 4) is 28.0 Å². The molecular weight excluding hydrogens is 385 g/mol. The Hall–Kier alpha value is -2.23. The number of rotatable bonds is 8. The minimum absolute atomic E-state index is 0.0520. The van der Waals surface area contributed by atoms with E-state index in [2.05, 4.69) is 6.58 Å². The second-order valence-electron chi connectivity index (χ2n) is 8.64. The van der Waals surface area contributed by atoms with Crippen LogP contribution in [0.15, 0.2) is 30.9 Å². The van der Waals surface area contributed by atoms with Gasteiger partial charge in [-0.2, -0.15) is 4.39 Å². The van der Waals surface area contributed by atoms with E-state index in [0.29, 0.717) is 41.6 Å². The summed E-state index contributed by atoms with van der Waals surface area (Å²) in [7, 11) is 0. The van der Waals surface area contributed by atoms with E-state index in [9.17, 15) is 8.78 Å². The van der Waals surface area contributed by atoms with Crippen LogP contribution in [0.4, 0.5) is 13.2 Å². The van der Waals surface area contributed by atoms with E-state index in [1.165, 1.54) is 6.07 Å². The lowest BCUT2D eigenvalue weighted by molar-refractivity contribution is 0.289. The van der Waals surface area contributed by atoms with Crippen molar-refractivity contribution in [2.45, 2.75) is 58.3 Å². The van der Waals surface area contributed by atoms with Crippen LogP contribution in [0.5, 0.6) is 5.75 Å². The summed E-state index contributed by atoms with van der Waals surface area (Å²) < 4.78 is 49.8. The maximum absolute atomic E-state index is 15.2. The van der Waals surface area contributed by atoms with Crippen molar-refractivity contribution in [1.82, 2.24) is 0 Å². The Morgan fingerprint density at radius 3 is 2.43 bits per heavy atom. The first-order valence-corrected chi connectivity index (χ1v) is 11.1. The maximum Gasteiger partial charge on any atom is 0.201 e. The van der Waals surface area contributed by atoms with Crippen LogP contribution in [0, 0.1) is 29.3 Å². The van der Waals surface area contributed by atoms with E-state index in [1.807, 2.05) is 19.1 Å². The zero-order valence-electron chi connectivity index (χ0n) is 17.6. The molecule has 0 unspecified atom stereocenters. The first-order valence-electron chi connectivity index (χ1n) is 11.1. The summed E-state index contributed by atoms with van der Waals surface area (Å²) in [5.41, 5.74) is 2.03. The number of ether oxygens (including phenoxy) is 1. The van der Waals surface area contributed by atoms with E-state index < -0.39 is 17.5 Å². The van der Waals surface area contributed by atoms with Crippen LogP contribution in [0.1, 0.15) is 57.4 Å². The molecule has 2 aromatic carbocycles. The van der Waals surface area contributed by atoms with Crippen LogP contribution < -0.4 is 4.74 Å². The van der Waals surface area contributed by atoms with Gasteiger partial charge in [0, 0.05) is 11.1 Å². The average molecular weight is 415 g/mol.